The van der Waals surface area contributed by atoms with Crippen LogP contribution in [0, 0.1) is 11.3 Å². The third-order valence-corrected chi connectivity index (χ3v) is 4.40. The van der Waals surface area contributed by atoms with E-state index < -0.39 is 0 Å². The Morgan fingerprint density at radius 1 is 1.27 bits per heavy atom. The van der Waals surface area contributed by atoms with Crippen molar-refractivity contribution in [2.75, 3.05) is 25.1 Å². The van der Waals surface area contributed by atoms with Gasteiger partial charge in [-0.2, -0.15) is 5.26 Å². The number of amides is 1. The normalized spacial score (nSPS) is 11.5. The van der Waals surface area contributed by atoms with Crippen molar-refractivity contribution in [2.24, 2.45) is 0 Å². The van der Waals surface area contributed by atoms with E-state index >= 15 is 0 Å². The smallest absolute Gasteiger partial charge is 0.241 e. The molecule has 0 spiro atoms. The number of hydrogen-bond donors (Lipinski definition) is 1. The number of halogens is 1. The number of carbonyl (C=O) groups excluding carboxylic acids is 1. The summed E-state index contributed by atoms with van der Waals surface area (Å²) in [7, 11) is 1.56. The van der Waals surface area contributed by atoms with Crippen LogP contribution >= 0.6 is 11.6 Å². The molecule has 0 aromatic heterocycles. The molecule has 0 bridgehead atoms. The Labute approximate surface area is 159 Å². The number of rotatable bonds is 8. The number of nitrogens with one attached hydrogen (secondary N) is 1. The lowest BCUT2D eigenvalue weighted by Crippen LogP contribution is -2.39. The lowest BCUT2D eigenvalue weighted by molar-refractivity contribution is -0.117. The zero-order chi connectivity index (χ0) is 18.9. The summed E-state index contributed by atoms with van der Waals surface area (Å²) < 4.78 is 5.35. The average Bonchev–Trinajstić information content (AvgIpc) is 2.67. The highest BCUT2D eigenvalue weighted by atomic mass is 35.5. The molecule has 0 aliphatic heterocycles. The van der Waals surface area contributed by atoms with Crippen molar-refractivity contribution < 1.29 is 9.53 Å². The first-order valence-corrected chi connectivity index (χ1v) is 8.74. The number of anilines is 1. The summed E-state index contributed by atoms with van der Waals surface area (Å²) in [5.74, 6) is 0.460. The van der Waals surface area contributed by atoms with Crippen LogP contribution < -0.4 is 15.0 Å². The second-order valence-corrected chi connectivity index (χ2v) is 6.16. The van der Waals surface area contributed by atoms with Crippen LogP contribution in [0.25, 0.3) is 0 Å². The molecule has 26 heavy (non-hydrogen) atoms. The van der Waals surface area contributed by atoms with Gasteiger partial charge in [-0.1, -0.05) is 41.9 Å². The van der Waals surface area contributed by atoms with Crippen molar-refractivity contribution in [3.05, 3.63) is 59.1 Å². The van der Waals surface area contributed by atoms with Gasteiger partial charge in [0.25, 0.3) is 0 Å². The molecule has 2 rings (SSSR count). The van der Waals surface area contributed by atoms with Gasteiger partial charge in [-0.25, -0.2) is 0 Å². The van der Waals surface area contributed by atoms with Gasteiger partial charge in [0.2, 0.25) is 5.91 Å². The summed E-state index contributed by atoms with van der Waals surface area (Å²) in [6.45, 7) is 2.38. The molecule has 0 unspecified atom stereocenters. The SMILES string of the molecule is COc1ccccc1N(CCC#N)C(=O)CN[C@H](C)c1ccccc1Cl. The molecule has 0 fully saturated rings. The molecule has 2 aromatic rings. The maximum Gasteiger partial charge on any atom is 0.241 e. The summed E-state index contributed by atoms with van der Waals surface area (Å²) in [5.41, 5.74) is 1.59. The van der Waals surface area contributed by atoms with Crippen LogP contribution in [-0.2, 0) is 4.79 Å². The number of hydrogen-bond acceptors (Lipinski definition) is 4. The van der Waals surface area contributed by atoms with Crippen molar-refractivity contribution in [1.82, 2.24) is 5.32 Å². The number of benzene rings is 2. The van der Waals surface area contributed by atoms with Crippen LogP contribution in [0.3, 0.4) is 0 Å². The summed E-state index contributed by atoms with van der Waals surface area (Å²) in [4.78, 5) is 14.4. The lowest BCUT2D eigenvalue weighted by Gasteiger charge is -2.25. The average molecular weight is 372 g/mol. The van der Waals surface area contributed by atoms with E-state index in [2.05, 4.69) is 11.4 Å². The van der Waals surface area contributed by atoms with Gasteiger partial charge in [0.15, 0.2) is 0 Å². The molecule has 0 saturated heterocycles. The third-order valence-electron chi connectivity index (χ3n) is 4.06. The molecule has 1 atom stereocenters. The maximum absolute atomic E-state index is 12.8. The molecule has 0 aliphatic carbocycles. The largest absolute Gasteiger partial charge is 0.495 e. The molecule has 0 radical (unpaired) electrons. The molecule has 5 nitrogen and oxygen atoms in total. The number of nitrogens with zero attached hydrogens (tertiary/aromatic N) is 2. The first-order valence-electron chi connectivity index (χ1n) is 8.36. The molecule has 0 heterocycles. The highest BCUT2D eigenvalue weighted by Crippen LogP contribution is 2.28. The Hall–Kier alpha value is -2.55. The second kappa shape index (κ2) is 9.81. The third kappa shape index (κ3) is 4.98. The van der Waals surface area contributed by atoms with Crippen LogP contribution in [0.4, 0.5) is 5.69 Å². The fraction of sp³-hybridized carbons (Fsp3) is 0.300. The van der Waals surface area contributed by atoms with Crippen molar-refractivity contribution >= 4 is 23.2 Å². The van der Waals surface area contributed by atoms with Crippen LogP contribution in [0.5, 0.6) is 5.75 Å². The number of carbonyl (C=O) groups is 1. The van der Waals surface area contributed by atoms with E-state index in [1.165, 1.54) is 0 Å². The van der Waals surface area contributed by atoms with Gasteiger partial charge >= 0.3 is 0 Å². The Morgan fingerprint density at radius 2 is 1.96 bits per heavy atom. The van der Waals surface area contributed by atoms with Gasteiger partial charge < -0.3 is 15.0 Å². The number of para-hydroxylation sites is 2. The number of methoxy groups -OCH3 is 1. The Bertz CT molecular complexity index is 789. The minimum absolute atomic E-state index is 0.0804. The molecule has 2 aromatic carbocycles. The highest BCUT2D eigenvalue weighted by molar-refractivity contribution is 6.31. The summed E-state index contributed by atoms with van der Waals surface area (Å²) in [6, 6.07) is 16.8. The standard InChI is InChI=1S/C20H22ClN3O2/c1-15(16-8-3-4-9-17(16)21)23-14-20(25)24(13-7-12-22)18-10-5-6-11-19(18)26-2/h3-6,8-11,15,23H,7,13-14H2,1-2H3/t15-/m1/s1. The minimum atomic E-state index is -0.136. The van der Waals surface area contributed by atoms with Gasteiger partial charge in [0.1, 0.15) is 5.75 Å². The van der Waals surface area contributed by atoms with Gasteiger partial charge in [-0.05, 0) is 30.7 Å². The molecule has 136 valence electrons. The molecule has 1 amide bonds. The van der Waals surface area contributed by atoms with E-state index in [0.717, 1.165) is 5.56 Å². The van der Waals surface area contributed by atoms with Crippen molar-refractivity contribution in [1.29, 1.82) is 5.26 Å². The lowest BCUT2D eigenvalue weighted by atomic mass is 10.1. The van der Waals surface area contributed by atoms with E-state index in [0.29, 0.717) is 23.0 Å². The van der Waals surface area contributed by atoms with Crippen molar-refractivity contribution in [3.63, 3.8) is 0 Å². The van der Waals surface area contributed by atoms with E-state index in [9.17, 15) is 4.79 Å². The van der Waals surface area contributed by atoms with E-state index in [1.807, 2.05) is 49.4 Å². The Kier molecular flexibility index (Phi) is 7.46. The second-order valence-electron chi connectivity index (χ2n) is 5.75. The molecular formula is C20H22ClN3O2. The summed E-state index contributed by atoms with van der Waals surface area (Å²) >= 11 is 6.21. The van der Waals surface area contributed by atoms with Gasteiger partial charge in [-0.3, -0.25) is 4.79 Å². The zero-order valence-corrected chi connectivity index (χ0v) is 15.7. The van der Waals surface area contributed by atoms with Crippen molar-refractivity contribution in [2.45, 2.75) is 19.4 Å². The monoisotopic (exact) mass is 371 g/mol. The fourth-order valence-corrected chi connectivity index (χ4v) is 2.97. The molecule has 0 saturated carbocycles. The fourth-order valence-electron chi connectivity index (χ4n) is 2.67. The predicted octanol–water partition coefficient (Wildman–Crippen LogP) is 3.95. The number of ether oxygens (including phenoxy) is 1. The topological polar surface area (TPSA) is 65.4 Å². The van der Waals surface area contributed by atoms with Gasteiger partial charge in [-0.15, -0.1) is 0 Å². The Morgan fingerprint density at radius 3 is 2.65 bits per heavy atom. The minimum Gasteiger partial charge on any atom is -0.495 e. The first kappa shape index (κ1) is 19.8. The molecule has 6 heteroatoms. The van der Waals surface area contributed by atoms with E-state index in [4.69, 9.17) is 21.6 Å². The summed E-state index contributed by atoms with van der Waals surface area (Å²) in [5, 5.41) is 12.8. The molecule has 1 N–H and O–H groups in total. The maximum atomic E-state index is 12.8. The van der Waals surface area contributed by atoms with E-state index in [-0.39, 0.29) is 24.9 Å². The van der Waals surface area contributed by atoms with E-state index in [1.54, 1.807) is 18.1 Å². The highest BCUT2D eigenvalue weighted by Gasteiger charge is 2.20. The van der Waals surface area contributed by atoms with Gasteiger partial charge in [0, 0.05) is 17.6 Å². The molecule has 0 aliphatic rings. The van der Waals surface area contributed by atoms with Gasteiger partial charge in [0.05, 0.1) is 31.8 Å². The molecular weight excluding hydrogens is 350 g/mol. The zero-order valence-electron chi connectivity index (χ0n) is 14.9. The van der Waals surface area contributed by atoms with Crippen LogP contribution in [0.1, 0.15) is 24.9 Å². The van der Waals surface area contributed by atoms with Crippen molar-refractivity contribution in [3.8, 4) is 11.8 Å². The first-order chi connectivity index (χ1) is 12.6. The predicted molar refractivity (Wildman–Crippen MR) is 103 cm³/mol. The van der Waals surface area contributed by atoms with Crippen LogP contribution in [-0.4, -0.2) is 26.1 Å². The number of nitriles is 1. The Balaban J connectivity index is 2.12. The quantitative estimate of drug-likeness (QED) is 0.763. The summed E-state index contributed by atoms with van der Waals surface area (Å²) in [6.07, 6.45) is 0.240. The van der Waals surface area contributed by atoms with Crippen LogP contribution in [0.15, 0.2) is 48.5 Å². The van der Waals surface area contributed by atoms with Crippen LogP contribution in [0.2, 0.25) is 5.02 Å².